The van der Waals surface area contributed by atoms with E-state index in [9.17, 15) is 9.90 Å². The molecule has 0 aliphatic heterocycles. The number of rotatable bonds is 3. The lowest BCUT2D eigenvalue weighted by Gasteiger charge is -2.28. The van der Waals surface area contributed by atoms with Gasteiger partial charge in [-0.15, -0.1) is 0 Å². The molecule has 1 amide bonds. The Kier molecular flexibility index (Phi) is 4.78. The first kappa shape index (κ1) is 13.6. The Balaban J connectivity index is 1.97. The minimum atomic E-state index is -0.399. The van der Waals surface area contributed by atoms with E-state index in [1.54, 1.807) is 0 Å². The lowest BCUT2D eigenvalue weighted by atomic mass is 9.92. The monoisotopic (exact) mass is 311 g/mol. The molecule has 2 unspecified atom stereocenters. The highest BCUT2D eigenvalue weighted by atomic mass is 79.9. The summed E-state index contributed by atoms with van der Waals surface area (Å²) >= 11 is 3.37. The minimum Gasteiger partial charge on any atom is -0.391 e. The van der Waals surface area contributed by atoms with Crippen LogP contribution in [0.25, 0.3) is 0 Å². The van der Waals surface area contributed by atoms with E-state index in [4.69, 9.17) is 0 Å². The van der Waals surface area contributed by atoms with E-state index < -0.39 is 6.10 Å². The molecule has 18 heavy (non-hydrogen) atoms. The van der Waals surface area contributed by atoms with Crippen LogP contribution in [0.4, 0.5) is 0 Å². The van der Waals surface area contributed by atoms with Crippen LogP contribution in [0.2, 0.25) is 0 Å². The van der Waals surface area contributed by atoms with E-state index in [1.807, 2.05) is 24.3 Å². The summed E-state index contributed by atoms with van der Waals surface area (Å²) in [6.07, 6.45) is 3.38. The quantitative estimate of drug-likeness (QED) is 0.843. The number of carbonyl (C=O) groups is 1. The average molecular weight is 312 g/mol. The number of halogens is 1. The van der Waals surface area contributed by atoms with Crippen molar-refractivity contribution in [2.24, 2.45) is 0 Å². The first-order valence-corrected chi connectivity index (χ1v) is 7.46. The van der Waals surface area contributed by atoms with Gasteiger partial charge in [0.05, 0.1) is 12.1 Å². The Labute approximate surface area is 116 Å². The van der Waals surface area contributed by atoms with Crippen LogP contribution >= 0.6 is 15.9 Å². The maximum absolute atomic E-state index is 12.0. The van der Waals surface area contributed by atoms with Gasteiger partial charge in [0.2, 0.25) is 0 Å². The maximum Gasteiger partial charge on any atom is 0.251 e. The van der Waals surface area contributed by atoms with Gasteiger partial charge in [-0.2, -0.15) is 0 Å². The van der Waals surface area contributed by atoms with Gasteiger partial charge in [-0.05, 0) is 30.5 Å². The molecule has 0 heterocycles. The van der Waals surface area contributed by atoms with Gasteiger partial charge >= 0.3 is 0 Å². The zero-order valence-corrected chi connectivity index (χ0v) is 11.8. The van der Waals surface area contributed by atoms with E-state index in [1.165, 1.54) is 0 Å². The van der Waals surface area contributed by atoms with Gasteiger partial charge in [-0.25, -0.2) is 0 Å². The molecule has 0 spiro atoms. The van der Waals surface area contributed by atoms with Crippen LogP contribution in [0.1, 0.15) is 41.6 Å². The Hall–Kier alpha value is -0.870. The van der Waals surface area contributed by atoms with E-state index in [0.29, 0.717) is 5.56 Å². The fourth-order valence-corrected chi connectivity index (χ4v) is 2.65. The molecule has 1 fully saturated rings. The molecule has 1 saturated carbocycles. The number of hydrogen-bond acceptors (Lipinski definition) is 2. The molecule has 1 aliphatic carbocycles. The van der Waals surface area contributed by atoms with Crippen molar-refractivity contribution in [1.29, 1.82) is 0 Å². The molecular formula is C14H18BrNO2. The number of carbonyl (C=O) groups excluding carboxylic acids is 1. The smallest absolute Gasteiger partial charge is 0.251 e. The molecule has 3 nitrogen and oxygen atoms in total. The summed E-state index contributed by atoms with van der Waals surface area (Å²) in [6.45, 7) is 0. The molecular weight excluding hydrogens is 294 g/mol. The molecule has 0 bridgehead atoms. The molecule has 0 saturated heterocycles. The standard InChI is InChI=1S/C14H18BrNO2/c15-9-10-5-7-11(8-6-10)14(18)16-12-3-1-2-4-13(12)17/h5-8,12-13,17H,1-4,9H2,(H,16,18). The van der Waals surface area contributed by atoms with Crippen molar-refractivity contribution in [2.45, 2.75) is 43.2 Å². The third kappa shape index (κ3) is 3.33. The average Bonchev–Trinajstić information content (AvgIpc) is 2.41. The highest BCUT2D eigenvalue weighted by Crippen LogP contribution is 2.19. The Morgan fingerprint density at radius 1 is 1.28 bits per heavy atom. The van der Waals surface area contributed by atoms with Gasteiger partial charge in [0, 0.05) is 10.9 Å². The third-order valence-corrected chi connectivity index (χ3v) is 4.06. The Morgan fingerprint density at radius 3 is 2.56 bits per heavy atom. The molecule has 0 aromatic heterocycles. The molecule has 98 valence electrons. The normalized spacial score (nSPS) is 23.7. The van der Waals surface area contributed by atoms with Crippen molar-refractivity contribution in [3.05, 3.63) is 35.4 Å². The summed E-state index contributed by atoms with van der Waals surface area (Å²) in [7, 11) is 0. The first-order valence-electron chi connectivity index (χ1n) is 6.34. The molecule has 2 atom stereocenters. The molecule has 2 rings (SSSR count). The second-order valence-corrected chi connectivity index (χ2v) is 5.32. The van der Waals surface area contributed by atoms with Gasteiger partial charge < -0.3 is 10.4 Å². The third-order valence-electron chi connectivity index (χ3n) is 3.42. The van der Waals surface area contributed by atoms with Gasteiger partial charge in [-0.1, -0.05) is 40.9 Å². The molecule has 2 N–H and O–H groups in total. The number of aliphatic hydroxyl groups is 1. The summed E-state index contributed by atoms with van der Waals surface area (Å²) < 4.78 is 0. The van der Waals surface area contributed by atoms with E-state index in [-0.39, 0.29) is 11.9 Å². The van der Waals surface area contributed by atoms with Crippen molar-refractivity contribution in [3.8, 4) is 0 Å². The second kappa shape index (κ2) is 6.34. The molecule has 1 aliphatic rings. The number of aliphatic hydroxyl groups excluding tert-OH is 1. The number of alkyl halides is 1. The fraction of sp³-hybridized carbons (Fsp3) is 0.500. The summed E-state index contributed by atoms with van der Waals surface area (Å²) in [4.78, 5) is 12.0. The number of nitrogens with one attached hydrogen (secondary N) is 1. The number of benzene rings is 1. The van der Waals surface area contributed by atoms with Crippen molar-refractivity contribution < 1.29 is 9.90 Å². The maximum atomic E-state index is 12.0. The topological polar surface area (TPSA) is 49.3 Å². The van der Waals surface area contributed by atoms with Crippen LogP contribution in [0.3, 0.4) is 0 Å². The predicted molar refractivity (Wildman–Crippen MR) is 74.8 cm³/mol. The van der Waals surface area contributed by atoms with Crippen LogP contribution in [0.5, 0.6) is 0 Å². The van der Waals surface area contributed by atoms with E-state index in [2.05, 4.69) is 21.2 Å². The Bertz CT molecular complexity index is 405. The van der Waals surface area contributed by atoms with E-state index in [0.717, 1.165) is 36.6 Å². The predicted octanol–water partition coefficient (Wildman–Crippen LogP) is 2.61. The highest BCUT2D eigenvalue weighted by Gasteiger charge is 2.24. The summed E-state index contributed by atoms with van der Waals surface area (Å²) in [6, 6.07) is 7.41. The zero-order chi connectivity index (χ0) is 13.0. The van der Waals surface area contributed by atoms with Crippen LogP contribution in [-0.4, -0.2) is 23.2 Å². The molecule has 1 aromatic carbocycles. The van der Waals surface area contributed by atoms with Crippen LogP contribution in [-0.2, 0) is 5.33 Å². The minimum absolute atomic E-state index is 0.0953. The van der Waals surface area contributed by atoms with Crippen LogP contribution in [0, 0.1) is 0 Å². The summed E-state index contributed by atoms with van der Waals surface area (Å²) in [5, 5.41) is 13.5. The van der Waals surface area contributed by atoms with Gasteiger partial charge in [-0.3, -0.25) is 4.79 Å². The summed E-state index contributed by atoms with van der Waals surface area (Å²) in [5.74, 6) is -0.0953. The number of amides is 1. The highest BCUT2D eigenvalue weighted by molar-refractivity contribution is 9.08. The van der Waals surface area contributed by atoms with Crippen molar-refractivity contribution in [3.63, 3.8) is 0 Å². The van der Waals surface area contributed by atoms with Crippen molar-refractivity contribution >= 4 is 21.8 Å². The lowest BCUT2D eigenvalue weighted by Crippen LogP contribution is -2.45. The van der Waals surface area contributed by atoms with Crippen LogP contribution < -0.4 is 5.32 Å². The largest absolute Gasteiger partial charge is 0.391 e. The first-order chi connectivity index (χ1) is 8.70. The number of hydrogen-bond donors (Lipinski definition) is 2. The van der Waals surface area contributed by atoms with E-state index >= 15 is 0 Å². The molecule has 1 aromatic rings. The SMILES string of the molecule is O=C(NC1CCCCC1O)c1ccc(CBr)cc1. The lowest BCUT2D eigenvalue weighted by molar-refractivity contribution is 0.0717. The molecule has 0 radical (unpaired) electrons. The van der Waals surface area contributed by atoms with Gasteiger partial charge in [0.15, 0.2) is 0 Å². The van der Waals surface area contributed by atoms with Gasteiger partial charge in [0.25, 0.3) is 5.91 Å². The fourth-order valence-electron chi connectivity index (χ4n) is 2.28. The van der Waals surface area contributed by atoms with Crippen molar-refractivity contribution in [2.75, 3.05) is 0 Å². The van der Waals surface area contributed by atoms with Crippen molar-refractivity contribution in [1.82, 2.24) is 5.32 Å². The van der Waals surface area contributed by atoms with Gasteiger partial charge in [0.1, 0.15) is 0 Å². The second-order valence-electron chi connectivity index (χ2n) is 4.76. The summed E-state index contributed by atoms with van der Waals surface area (Å²) in [5.41, 5.74) is 1.79. The zero-order valence-electron chi connectivity index (χ0n) is 10.2. The Morgan fingerprint density at radius 2 is 1.94 bits per heavy atom. The molecule has 4 heteroatoms. The van der Waals surface area contributed by atoms with Crippen LogP contribution in [0.15, 0.2) is 24.3 Å².